The molecule has 1 amide bonds. The molecule has 0 aliphatic carbocycles. The largest absolute Gasteiger partial charge is 0.481 e. The van der Waals surface area contributed by atoms with Crippen molar-refractivity contribution in [1.82, 2.24) is 4.98 Å². The Labute approximate surface area is 115 Å². The second kappa shape index (κ2) is 4.95. The molecule has 0 saturated carbocycles. The first kappa shape index (κ1) is 14.0. The van der Waals surface area contributed by atoms with Crippen LogP contribution in [-0.2, 0) is 14.8 Å². The molecule has 0 spiro atoms. The predicted octanol–water partition coefficient (Wildman–Crippen LogP) is 0.137. The zero-order chi connectivity index (χ0) is 14.2. The van der Waals surface area contributed by atoms with E-state index >= 15 is 0 Å². The molecule has 1 aliphatic heterocycles. The van der Waals surface area contributed by atoms with E-state index in [0.717, 1.165) is 0 Å². The molecule has 1 aromatic rings. The molecule has 1 aliphatic rings. The molecule has 1 fully saturated rings. The van der Waals surface area contributed by atoms with E-state index in [1.54, 1.807) is 12.1 Å². The summed E-state index contributed by atoms with van der Waals surface area (Å²) >= 11 is 5.95. The Bertz CT molecular complexity index is 619. The number of halogens is 1. The molecular formula is C10H12ClN3O4S. The van der Waals surface area contributed by atoms with Gasteiger partial charge in [0.1, 0.15) is 5.25 Å². The Kier molecular flexibility index (Phi) is 3.66. The van der Waals surface area contributed by atoms with Crippen molar-refractivity contribution in [2.24, 2.45) is 5.14 Å². The number of amides is 1. The van der Waals surface area contributed by atoms with Crippen molar-refractivity contribution in [2.75, 3.05) is 18.6 Å². The van der Waals surface area contributed by atoms with E-state index in [4.69, 9.17) is 21.5 Å². The summed E-state index contributed by atoms with van der Waals surface area (Å²) in [5.74, 6) is -0.0451. The average Bonchev–Trinajstić information content (AvgIpc) is 2.71. The zero-order valence-corrected chi connectivity index (χ0v) is 11.6. The molecule has 0 radical (unpaired) electrons. The number of anilines is 1. The van der Waals surface area contributed by atoms with Crippen LogP contribution in [0.5, 0.6) is 5.88 Å². The van der Waals surface area contributed by atoms with E-state index in [-0.39, 0.29) is 24.0 Å². The Balaban J connectivity index is 2.31. The summed E-state index contributed by atoms with van der Waals surface area (Å²) in [6.45, 7) is -0.0224. The van der Waals surface area contributed by atoms with Gasteiger partial charge in [0.05, 0.1) is 12.8 Å². The lowest BCUT2D eigenvalue weighted by Crippen LogP contribution is -2.32. The normalized spacial score (nSPS) is 19.8. The lowest BCUT2D eigenvalue weighted by Gasteiger charge is -2.17. The van der Waals surface area contributed by atoms with Gasteiger partial charge in [-0.1, -0.05) is 11.6 Å². The van der Waals surface area contributed by atoms with Crippen LogP contribution in [-0.4, -0.2) is 38.2 Å². The standard InChI is InChI=1S/C10H12ClN3O4S/c1-18-8-3-2-7(10(11)13-8)14-5-6(4-9(14)15)19(12,16)17/h2-3,6H,4-5H2,1H3,(H2,12,16,17). The summed E-state index contributed by atoms with van der Waals surface area (Å²) in [6.07, 6.45) is -0.152. The highest BCUT2D eigenvalue weighted by Gasteiger charge is 2.38. The number of carbonyl (C=O) groups excluding carboxylic acids is 1. The summed E-state index contributed by atoms with van der Waals surface area (Å²) in [5.41, 5.74) is 0.346. The van der Waals surface area contributed by atoms with E-state index in [1.165, 1.54) is 12.0 Å². The highest BCUT2D eigenvalue weighted by atomic mass is 35.5. The van der Waals surface area contributed by atoms with Gasteiger partial charge in [0.25, 0.3) is 0 Å². The Hall–Kier alpha value is -1.38. The Morgan fingerprint density at radius 2 is 2.21 bits per heavy atom. The fraction of sp³-hybridized carbons (Fsp3) is 0.400. The van der Waals surface area contributed by atoms with Crippen molar-refractivity contribution in [2.45, 2.75) is 11.7 Å². The van der Waals surface area contributed by atoms with Gasteiger partial charge in [-0.25, -0.2) is 13.6 Å². The van der Waals surface area contributed by atoms with Gasteiger partial charge in [0.15, 0.2) is 5.15 Å². The topological polar surface area (TPSA) is 103 Å². The molecule has 0 bridgehead atoms. The van der Waals surface area contributed by atoms with Crippen LogP contribution >= 0.6 is 11.6 Å². The van der Waals surface area contributed by atoms with Crippen LogP contribution < -0.4 is 14.8 Å². The lowest BCUT2D eigenvalue weighted by atomic mass is 10.3. The summed E-state index contributed by atoms with van der Waals surface area (Å²) in [7, 11) is -2.31. The van der Waals surface area contributed by atoms with Gasteiger partial charge >= 0.3 is 0 Å². The first-order valence-corrected chi connectivity index (χ1v) is 7.34. The molecule has 104 valence electrons. The van der Waals surface area contributed by atoms with Crippen LogP contribution in [0.1, 0.15) is 6.42 Å². The van der Waals surface area contributed by atoms with Gasteiger partial charge in [-0.3, -0.25) is 4.79 Å². The maximum Gasteiger partial charge on any atom is 0.228 e. The van der Waals surface area contributed by atoms with Gasteiger partial charge in [0.2, 0.25) is 21.8 Å². The van der Waals surface area contributed by atoms with Crippen LogP contribution in [0.2, 0.25) is 5.15 Å². The highest BCUT2D eigenvalue weighted by molar-refractivity contribution is 7.89. The molecular weight excluding hydrogens is 294 g/mol. The molecule has 2 heterocycles. The van der Waals surface area contributed by atoms with Crippen LogP contribution in [0, 0.1) is 0 Å². The summed E-state index contributed by atoms with van der Waals surface area (Å²) < 4.78 is 27.4. The molecule has 1 atom stereocenters. The minimum absolute atomic E-state index is 0.0224. The number of aromatic nitrogens is 1. The number of methoxy groups -OCH3 is 1. The van der Waals surface area contributed by atoms with Gasteiger partial charge in [-0.15, -0.1) is 0 Å². The monoisotopic (exact) mass is 305 g/mol. The van der Waals surface area contributed by atoms with Crippen molar-refractivity contribution in [1.29, 1.82) is 0 Å². The Morgan fingerprint density at radius 1 is 1.53 bits per heavy atom. The van der Waals surface area contributed by atoms with Crippen molar-refractivity contribution >= 4 is 33.2 Å². The number of primary sulfonamides is 1. The molecule has 7 nitrogen and oxygen atoms in total. The smallest absolute Gasteiger partial charge is 0.228 e. The van der Waals surface area contributed by atoms with Gasteiger partial charge < -0.3 is 9.64 Å². The number of pyridine rings is 1. The second-order valence-corrected chi connectivity index (χ2v) is 6.29. The third-order valence-corrected chi connectivity index (χ3v) is 4.38. The molecule has 2 N–H and O–H groups in total. The second-order valence-electron chi connectivity index (χ2n) is 4.08. The number of rotatable bonds is 3. The van der Waals surface area contributed by atoms with Gasteiger partial charge in [0, 0.05) is 19.0 Å². The summed E-state index contributed by atoms with van der Waals surface area (Å²) in [6, 6.07) is 3.09. The van der Waals surface area contributed by atoms with Crippen molar-refractivity contribution in [3.63, 3.8) is 0 Å². The minimum Gasteiger partial charge on any atom is -0.481 e. The number of hydrogen-bond acceptors (Lipinski definition) is 5. The van der Waals surface area contributed by atoms with E-state index in [9.17, 15) is 13.2 Å². The molecule has 19 heavy (non-hydrogen) atoms. The van der Waals surface area contributed by atoms with E-state index in [1.807, 2.05) is 0 Å². The van der Waals surface area contributed by atoms with Crippen LogP contribution in [0.25, 0.3) is 0 Å². The van der Waals surface area contributed by atoms with Crippen LogP contribution in [0.4, 0.5) is 5.69 Å². The van der Waals surface area contributed by atoms with E-state index in [0.29, 0.717) is 11.6 Å². The average molecular weight is 306 g/mol. The van der Waals surface area contributed by atoms with Crippen molar-refractivity contribution < 1.29 is 17.9 Å². The van der Waals surface area contributed by atoms with Crippen LogP contribution in [0.15, 0.2) is 12.1 Å². The molecule has 2 rings (SSSR count). The molecule has 1 unspecified atom stereocenters. The number of hydrogen-bond donors (Lipinski definition) is 1. The maximum absolute atomic E-state index is 11.8. The summed E-state index contributed by atoms with van der Waals surface area (Å²) in [5, 5.41) is 4.21. The third kappa shape index (κ3) is 2.80. The first-order chi connectivity index (χ1) is 8.82. The molecule has 0 aromatic carbocycles. The number of nitrogens with two attached hydrogens (primary N) is 1. The maximum atomic E-state index is 11.8. The number of nitrogens with zero attached hydrogens (tertiary/aromatic N) is 2. The van der Waals surface area contributed by atoms with Gasteiger partial charge in [-0.2, -0.15) is 4.98 Å². The fourth-order valence-corrected chi connectivity index (χ4v) is 2.83. The number of carbonyl (C=O) groups is 1. The molecule has 1 saturated heterocycles. The van der Waals surface area contributed by atoms with Gasteiger partial charge in [-0.05, 0) is 6.07 Å². The van der Waals surface area contributed by atoms with Crippen molar-refractivity contribution in [3.8, 4) is 5.88 Å². The van der Waals surface area contributed by atoms with E-state index in [2.05, 4.69) is 4.98 Å². The number of ether oxygens (including phenoxy) is 1. The SMILES string of the molecule is COc1ccc(N2CC(S(N)(=O)=O)CC2=O)c(Cl)n1. The quantitative estimate of drug-likeness (QED) is 0.800. The molecule has 1 aromatic heterocycles. The Morgan fingerprint density at radius 3 is 2.68 bits per heavy atom. The van der Waals surface area contributed by atoms with E-state index < -0.39 is 15.3 Å². The lowest BCUT2D eigenvalue weighted by molar-refractivity contribution is -0.117. The third-order valence-electron chi connectivity index (χ3n) is 2.86. The van der Waals surface area contributed by atoms with Crippen LogP contribution in [0.3, 0.4) is 0 Å². The van der Waals surface area contributed by atoms with Crippen molar-refractivity contribution in [3.05, 3.63) is 17.3 Å². The minimum atomic E-state index is -3.75. The summed E-state index contributed by atoms with van der Waals surface area (Å²) in [4.78, 5) is 17.0. The predicted molar refractivity (Wildman–Crippen MR) is 69.7 cm³/mol. The fourth-order valence-electron chi connectivity index (χ4n) is 1.85. The number of sulfonamides is 1. The first-order valence-electron chi connectivity index (χ1n) is 5.35. The zero-order valence-electron chi connectivity index (χ0n) is 10.0. The molecule has 9 heteroatoms. The highest BCUT2D eigenvalue weighted by Crippen LogP contribution is 2.30.